The van der Waals surface area contributed by atoms with Crippen molar-refractivity contribution >= 4 is 11.8 Å². The zero-order valence-corrected chi connectivity index (χ0v) is 8.08. The van der Waals surface area contributed by atoms with Crippen LogP contribution in [0.4, 0.5) is 0 Å². The van der Waals surface area contributed by atoms with Crippen LogP contribution in [0.3, 0.4) is 0 Å². The van der Waals surface area contributed by atoms with Gasteiger partial charge in [0.1, 0.15) is 0 Å². The number of hydrogen-bond acceptors (Lipinski definition) is 2. The Labute approximate surface area is 77.6 Å². The van der Waals surface area contributed by atoms with Crippen LogP contribution in [0.5, 0.6) is 0 Å². The summed E-state index contributed by atoms with van der Waals surface area (Å²) in [6.07, 6.45) is 3.31. The first kappa shape index (κ1) is 8.14. The molecule has 0 fully saturated rings. The second-order valence-electron chi connectivity index (χ2n) is 3.06. The van der Waals surface area contributed by atoms with E-state index in [4.69, 9.17) is 0 Å². The van der Waals surface area contributed by atoms with Crippen molar-refractivity contribution in [3.8, 4) is 0 Å². The molecule has 0 saturated heterocycles. The minimum Gasteiger partial charge on any atom is -0.312 e. The van der Waals surface area contributed by atoms with Crippen LogP contribution < -0.4 is 5.32 Å². The molecule has 0 saturated carbocycles. The average molecular weight is 179 g/mol. The first-order valence-electron chi connectivity index (χ1n) is 4.26. The summed E-state index contributed by atoms with van der Waals surface area (Å²) >= 11 is 1.82. The largest absolute Gasteiger partial charge is 0.312 e. The molecule has 1 heterocycles. The molecule has 1 aliphatic rings. The lowest BCUT2D eigenvalue weighted by molar-refractivity contribution is 0.642. The average Bonchev–Trinajstić information content (AvgIpc) is 2.17. The maximum absolute atomic E-state index is 3.37. The van der Waals surface area contributed by atoms with Crippen molar-refractivity contribution in [1.82, 2.24) is 5.32 Å². The molecule has 1 aromatic rings. The van der Waals surface area contributed by atoms with Gasteiger partial charge in [-0.25, -0.2) is 0 Å². The van der Waals surface area contributed by atoms with E-state index < -0.39 is 0 Å². The van der Waals surface area contributed by atoms with Gasteiger partial charge in [0.15, 0.2) is 0 Å². The Kier molecular flexibility index (Phi) is 2.38. The fourth-order valence-electron chi connectivity index (χ4n) is 1.58. The summed E-state index contributed by atoms with van der Waals surface area (Å²) in [7, 11) is 0. The van der Waals surface area contributed by atoms with E-state index in [1.165, 1.54) is 22.4 Å². The standard InChI is InChI=1S/C10H13NS/c1-12-10-3-2-9-7-11-5-4-8(9)6-10/h2-3,6,11H,4-5,7H2,1H3. The van der Waals surface area contributed by atoms with Crippen LogP contribution >= 0.6 is 11.8 Å². The molecule has 64 valence electrons. The molecule has 0 atom stereocenters. The van der Waals surface area contributed by atoms with E-state index in [0.29, 0.717) is 0 Å². The number of hydrogen-bond donors (Lipinski definition) is 1. The number of nitrogens with one attached hydrogen (secondary N) is 1. The Bertz CT molecular complexity index is 283. The Morgan fingerprint density at radius 2 is 2.25 bits per heavy atom. The maximum Gasteiger partial charge on any atom is 0.0208 e. The number of thioether (sulfide) groups is 1. The van der Waals surface area contributed by atoms with Gasteiger partial charge in [0.25, 0.3) is 0 Å². The van der Waals surface area contributed by atoms with Crippen LogP contribution in [0.2, 0.25) is 0 Å². The third kappa shape index (κ3) is 1.50. The quantitative estimate of drug-likeness (QED) is 0.662. The van der Waals surface area contributed by atoms with Crippen molar-refractivity contribution in [2.75, 3.05) is 12.8 Å². The predicted molar refractivity (Wildman–Crippen MR) is 53.6 cm³/mol. The SMILES string of the molecule is CSc1ccc2c(c1)CCNC2. The second-order valence-corrected chi connectivity index (χ2v) is 3.94. The second kappa shape index (κ2) is 3.50. The molecule has 1 nitrogen and oxygen atoms in total. The molecule has 1 N–H and O–H groups in total. The van der Waals surface area contributed by atoms with Crippen LogP contribution in [-0.4, -0.2) is 12.8 Å². The minimum atomic E-state index is 1.05. The van der Waals surface area contributed by atoms with Gasteiger partial charge in [-0.15, -0.1) is 11.8 Å². The number of rotatable bonds is 1. The Morgan fingerprint density at radius 3 is 3.08 bits per heavy atom. The molecule has 12 heavy (non-hydrogen) atoms. The molecule has 2 rings (SSSR count). The van der Waals surface area contributed by atoms with E-state index in [1.807, 2.05) is 11.8 Å². The van der Waals surface area contributed by atoms with Gasteiger partial charge in [0.05, 0.1) is 0 Å². The van der Waals surface area contributed by atoms with Crippen molar-refractivity contribution < 1.29 is 0 Å². The highest BCUT2D eigenvalue weighted by Gasteiger charge is 2.07. The fraction of sp³-hybridized carbons (Fsp3) is 0.400. The first-order chi connectivity index (χ1) is 5.90. The zero-order valence-electron chi connectivity index (χ0n) is 7.26. The van der Waals surface area contributed by atoms with Crippen molar-refractivity contribution in [2.24, 2.45) is 0 Å². The summed E-state index contributed by atoms with van der Waals surface area (Å²) in [5.41, 5.74) is 3.00. The molecule has 0 radical (unpaired) electrons. The van der Waals surface area contributed by atoms with Gasteiger partial charge in [-0.3, -0.25) is 0 Å². The molecule has 1 aromatic carbocycles. The van der Waals surface area contributed by atoms with E-state index in [9.17, 15) is 0 Å². The number of benzene rings is 1. The van der Waals surface area contributed by atoms with Gasteiger partial charge in [-0.1, -0.05) is 6.07 Å². The monoisotopic (exact) mass is 179 g/mol. The topological polar surface area (TPSA) is 12.0 Å². The van der Waals surface area contributed by atoms with E-state index in [1.54, 1.807) is 0 Å². The summed E-state index contributed by atoms with van der Waals surface area (Å²) in [6, 6.07) is 6.77. The maximum atomic E-state index is 3.37. The highest BCUT2D eigenvalue weighted by Crippen LogP contribution is 2.21. The fourth-order valence-corrected chi connectivity index (χ4v) is 2.04. The highest BCUT2D eigenvalue weighted by molar-refractivity contribution is 7.98. The molecule has 0 bridgehead atoms. The Morgan fingerprint density at radius 1 is 1.33 bits per heavy atom. The molecule has 0 unspecified atom stereocenters. The van der Waals surface area contributed by atoms with Crippen molar-refractivity contribution in [1.29, 1.82) is 0 Å². The van der Waals surface area contributed by atoms with Crippen molar-refractivity contribution in [3.63, 3.8) is 0 Å². The minimum absolute atomic E-state index is 1.05. The highest BCUT2D eigenvalue weighted by atomic mass is 32.2. The molecule has 1 aliphatic heterocycles. The third-order valence-electron chi connectivity index (χ3n) is 2.30. The molecule has 0 aromatic heterocycles. The van der Waals surface area contributed by atoms with Crippen LogP contribution in [0.25, 0.3) is 0 Å². The van der Waals surface area contributed by atoms with E-state index in [0.717, 1.165) is 13.1 Å². The van der Waals surface area contributed by atoms with Crippen LogP contribution in [0.15, 0.2) is 23.1 Å². The molecule has 2 heteroatoms. The molecule has 0 spiro atoms. The zero-order chi connectivity index (χ0) is 8.39. The van der Waals surface area contributed by atoms with Crippen molar-refractivity contribution in [3.05, 3.63) is 29.3 Å². The van der Waals surface area contributed by atoms with Gasteiger partial charge in [-0.2, -0.15) is 0 Å². The summed E-state index contributed by atoms with van der Waals surface area (Å²) in [5, 5.41) is 3.37. The first-order valence-corrected chi connectivity index (χ1v) is 5.49. The molecule has 0 aliphatic carbocycles. The van der Waals surface area contributed by atoms with E-state index in [2.05, 4.69) is 29.8 Å². The summed E-state index contributed by atoms with van der Waals surface area (Å²) in [4.78, 5) is 1.38. The van der Waals surface area contributed by atoms with Crippen LogP contribution in [0.1, 0.15) is 11.1 Å². The molecule has 0 amide bonds. The smallest absolute Gasteiger partial charge is 0.0208 e. The number of fused-ring (bicyclic) bond motifs is 1. The van der Waals surface area contributed by atoms with Gasteiger partial charge in [0, 0.05) is 11.4 Å². The lowest BCUT2D eigenvalue weighted by Crippen LogP contribution is -2.23. The lowest BCUT2D eigenvalue weighted by atomic mass is 10.0. The third-order valence-corrected chi connectivity index (χ3v) is 3.03. The Hall–Kier alpha value is -0.470. The normalized spacial score (nSPS) is 15.8. The van der Waals surface area contributed by atoms with E-state index in [-0.39, 0.29) is 0 Å². The lowest BCUT2D eigenvalue weighted by Gasteiger charge is -2.17. The Balaban J connectivity index is 2.36. The summed E-state index contributed by atoms with van der Waals surface area (Å²) < 4.78 is 0. The molecular formula is C10H13NS. The summed E-state index contributed by atoms with van der Waals surface area (Å²) in [5.74, 6) is 0. The molecular weight excluding hydrogens is 166 g/mol. The summed E-state index contributed by atoms with van der Waals surface area (Å²) in [6.45, 7) is 2.18. The van der Waals surface area contributed by atoms with Gasteiger partial charge < -0.3 is 5.32 Å². The predicted octanol–water partition coefficient (Wildman–Crippen LogP) is 2.05. The van der Waals surface area contributed by atoms with E-state index >= 15 is 0 Å². The van der Waals surface area contributed by atoms with Gasteiger partial charge in [0.2, 0.25) is 0 Å². The van der Waals surface area contributed by atoms with Gasteiger partial charge in [-0.05, 0) is 42.5 Å². The van der Waals surface area contributed by atoms with Crippen LogP contribution in [0, 0.1) is 0 Å². The van der Waals surface area contributed by atoms with Crippen LogP contribution in [-0.2, 0) is 13.0 Å². The van der Waals surface area contributed by atoms with Crippen molar-refractivity contribution in [2.45, 2.75) is 17.9 Å². The van der Waals surface area contributed by atoms with Gasteiger partial charge >= 0.3 is 0 Å².